The van der Waals surface area contributed by atoms with E-state index in [1.807, 2.05) is 0 Å². The number of carboxylic acid groups (broad SMARTS) is 1. The Morgan fingerprint density at radius 2 is 1.95 bits per heavy atom. The maximum absolute atomic E-state index is 13.2. The van der Waals surface area contributed by atoms with Crippen molar-refractivity contribution in [2.75, 3.05) is 5.32 Å². The Morgan fingerprint density at radius 3 is 2.45 bits per heavy atom. The van der Waals surface area contributed by atoms with Crippen molar-refractivity contribution in [1.29, 1.82) is 0 Å². The van der Waals surface area contributed by atoms with Crippen LogP contribution in [0.25, 0.3) is 0 Å². The lowest BCUT2D eigenvalue weighted by Gasteiger charge is -2.08. The summed E-state index contributed by atoms with van der Waals surface area (Å²) in [4.78, 5) is 14.7. The lowest BCUT2D eigenvalue weighted by atomic mass is 10.2. The Kier molecular flexibility index (Phi) is 4.42. The van der Waals surface area contributed by atoms with Crippen LogP contribution in [0.2, 0.25) is 10.0 Å². The summed E-state index contributed by atoms with van der Waals surface area (Å²) >= 11 is 11.4. The van der Waals surface area contributed by atoms with Crippen molar-refractivity contribution in [2.45, 2.75) is 6.54 Å². The average Bonchev–Trinajstić information content (AvgIpc) is 2.42. The zero-order valence-corrected chi connectivity index (χ0v) is 11.5. The number of nitrogens with one attached hydrogen (secondary N) is 1. The number of carboxylic acids is 1. The number of hydrogen-bond acceptors (Lipinski definition) is 3. The highest BCUT2D eigenvalue weighted by Gasteiger charge is 2.08. The highest BCUT2D eigenvalue weighted by Crippen LogP contribution is 2.27. The molecule has 4 nitrogen and oxygen atoms in total. The monoisotopic (exact) mass is 314 g/mol. The quantitative estimate of drug-likeness (QED) is 0.842. The predicted octanol–water partition coefficient (Wildman–Crippen LogP) is 3.84. The molecule has 0 radical (unpaired) electrons. The summed E-state index contributed by atoms with van der Waals surface area (Å²) in [5.41, 5.74) is 1.29. The normalized spacial score (nSPS) is 10.3. The van der Waals surface area contributed by atoms with E-state index < -0.39 is 11.8 Å². The molecular weight excluding hydrogens is 306 g/mol. The van der Waals surface area contributed by atoms with Crippen molar-refractivity contribution < 1.29 is 14.3 Å². The van der Waals surface area contributed by atoms with E-state index in [1.54, 1.807) is 6.07 Å². The molecule has 0 fully saturated rings. The van der Waals surface area contributed by atoms with Gasteiger partial charge in [0.2, 0.25) is 0 Å². The molecule has 0 spiro atoms. The standard InChI is InChI=1S/C13H9Cl2FN2O2/c14-10-3-9(4-11(15)12(10)16)18-6-8-2-1-7(5-17-8)13(19)20/h1-5,18H,6H2,(H,19,20). The number of aromatic carboxylic acids is 1. The van der Waals surface area contributed by atoms with Crippen LogP contribution in [0.3, 0.4) is 0 Å². The summed E-state index contributed by atoms with van der Waals surface area (Å²) in [5, 5.41) is 11.6. The van der Waals surface area contributed by atoms with Crippen molar-refractivity contribution in [3.8, 4) is 0 Å². The summed E-state index contributed by atoms with van der Waals surface area (Å²) < 4.78 is 13.2. The first kappa shape index (κ1) is 14.6. The molecule has 1 aromatic heterocycles. The molecule has 20 heavy (non-hydrogen) atoms. The molecule has 1 heterocycles. The fourth-order valence-corrected chi connectivity index (χ4v) is 1.99. The van der Waals surface area contributed by atoms with E-state index in [-0.39, 0.29) is 15.6 Å². The third-order valence-corrected chi connectivity index (χ3v) is 3.08. The summed E-state index contributed by atoms with van der Waals surface area (Å²) in [6.07, 6.45) is 1.27. The maximum Gasteiger partial charge on any atom is 0.337 e. The van der Waals surface area contributed by atoms with Gasteiger partial charge in [-0.25, -0.2) is 9.18 Å². The van der Waals surface area contributed by atoms with Gasteiger partial charge < -0.3 is 10.4 Å². The molecule has 0 bridgehead atoms. The molecule has 7 heteroatoms. The van der Waals surface area contributed by atoms with Crippen molar-refractivity contribution in [2.24, 2.45) is 0 Å². The van der Waals surface area contributed by atoms with Gasteiger partial charge in [0, 0.05) is 11.9 Å². The minimum Gasteiger partial charge on any atom is -0.478 e. The molecule has 0 amide bonds. The van der Waals surface area contributed by atoms with E-state index >= 15 is 0 Å². The van der Waals surface area contributed by atoms with Crippen LogP contribution in [0.1, 0.15) is 16.1 Å². The highest BCUT2D eigenvalue weighted by molar-refractivity contribution is 6.35. The van der Waals surface area contributed by atoms with Gasteiger partial charge in [-0.05, 0) is 24.3 Å². The number of hydrogen-bond donors (Lipinski definition) is 2. The lowest BCUT2D eigenvalue weighted by Crippen LogP contribution is -2.04. The van der Waals surface area contributed by atoms with E-state index in [0.717, 1.165) is 0 Å². The molecule has 0 aliphatic carbocycles. The van der Waals surface area contributed by atoms with Crippen LogP contribution in [-0.2, 0) is 6.54 Å². The van der Waals surface area contributed by atoms with Crippen LogP contribution in [0.4, 0.5) is 10.1 Å². The Morgan fingerprint density at radius 1 is 1.30 bits per heavy atom. The number of carbonyl (C=O) groups is 1. The summed E-state index contributed by atoms with van der Waals surface area (Å²) in [7, 11) is 0. The third kappa shape index (κ3) is 3.37. The third-order valence-electron chi connectivity index (χ3n) is 2.53. The van der Waals surface area contributed by atoms with Crippen molar-refractivity contribution in [3.05, 3.63) is 57.6 Å². The fraction of sp³-hybridized carbons (Fsp3) is 0.0769. The zero-order valence-electron chi connectivity index (χ0n) is 10.0. The Labute approximate surface area is 124 Å². The summed E-state index contributed by atoms with van der Waals surface area (Å²) in [6, 6.07) is 5.86. The molecular formula is C13H9Cl2FN2O2. The van der Waals surface area contributed by atoms with E-state index in [4.69, 9.17) is 28.3 Å². The number of aromatic nitrogens is 1. The molecule has 0 aliphatic heterocycles. The molecule has 2 aromatic rings. The van der Waals surface area contributed by atoms with Crippen LogP contribution < -0.4 is 5.32 Å². The topological polar surface area (TPSA) is 62.2 Å². The Hall–Kier alpha value is -1.85. The first-order valence-corrected chi connectivity index (χ1v) is 6.29. The molecule has 2 N–H and O–H groups in total. The molecule has 0 saturated heterocycles. The predicted molar refractivity (Wildman–Crippen MR) is 74.9 cm³/mol. The number of pyridine rings is 1. The van der Waals surface area contributed by atoms with E-state index in [2.05, 4.69) is 10.3 Å². The molecule has 0 saturated carbocycles. The van der Waals surface area contributed by atoms with Crippen LogP contribution in [0.5, 0.6) is 0 Å². The number of anilines is 1. The van der Waals surface area contributed by atoms with Gasteiger partial charge in [0.15, 0.2) is 5.82 Å². The lowest BCUT2D eigenvalue weighted by molar-refractivity contribution is 0.0696. The van der Waals surface area contributed by atoms with Crippen LogP contribution in [0.15, 0.2) is 30.5 Å². The number of rotatable bonds is 4. The van der Waals surface area contributed by atoms with Crippen LogP contribution >= 0.6 is 23.2 Å². The summed E-state index contributed by atoms with van der Waals surface area (Å²) in [6.45, 7) is 0.332. The second-order valence-corrected chi connectivity index (χ2v) is 4.77. The fourth-order valence-electron chi connectivity index (χ4n) is 1.51. The van der Waals surface area contributed by atoms with Gasteiger partial charge in [0.05, 0.1) is 27.8 Å². The van der Waals surface area contributed by atoms with Gasteiger partial charge >= 0.3 is 5.97 Å². The minimum absolute atomic E-state index is 0.0748. The van der Waals surface area contributed by atoms with Crippen molar-refractivity contribution in [3.63, 3.8) is 0 Å². The molecule has 1 aromatic carbocycles. The summed E-state index contributed by atoms with van der Waals surface area (Å²) in [5.74, 6) is -1.70. The van der Waals surface area contributed by atoms with Gasteiger partial charge in [0.1, 0.15) is 0 Å². The average molecular weight is 315 g/mol. The Bertz CT molecular complexity index is 624. The van der Waals surface area contributed by atoms with Crippen LogP contribution in [0, 0.1) is 5.82 Å². The Balaban J connectivity index is 2.07. The van der Waals surface area contributed by atoms with Gasteiger partial charge in [-0.3, -0.25) is 4.98 Å². The first-order chi connectivity index (χ1) is 9.47. The minimum atomic E-state index is -1.03. The zero-order chi connectivity index (χ0) is 14.7. The molecule has 0 aliphatic rings. The second-order valence-electron chi connectivity index (χ2n) is 3.95. The molecule has 0 unspecified atom stereocenters. The van der Waals surface area contributed by atoms with Crippen molar-refractivity contribution >= 4 is 34.9 Å². The van der Waals surface area contributed by atoms with Gasteiger partial charge in [-0.1, -0.05) is 23.2 Å². The number of benzene rings is 1. The van der Waals surface area contributed by atoms with E-state index in [9.17, 15) is 9.18 Å². The smallest absolute Gasteiger partial charge is 0.337 e. The molecule has 2 rings (SSSR count). The molecule has 104 valence electrons. The maximum atomic E-state index is 13.2. The number of nitrogens with zero attached hydrogens (tertiary/aromatic N) is 1. The van der Waals surface area contributed by atoms with E-state index in [1.165, 1.54) is 24.4 Å². The number of halogens is 3. The van der Waals surface area contributed by atoms with Gasteiger partial charge in [0.25, 0.3) is 0 Å². The first-order valence-electron chi connectivity index (χ1n) is 5.54. The van der Waals surface area contributed by atoms with E-state index in [0.29, 0.717) is 17.9 Å². The van der Waals surface area contributed by atoms with Gasteiger partial charge in [-0.2, -0.15) is 0 Å². The second kappa shape index (κ2) is 6.07. The SMILES string of the molecule is O=C(O)c1ccc(CNc2cc(Cl)c(F)c(Cl)c2)nc1. The largest absolute Gasteiger partial charge is 0.478 e. The molecule has 0 atom stereocenters. The highest BCUT2D eigenvalue weighted by atomic mass is 35.5. The van der Waals surface area contributed by atoms with Crippen LogP contribution in [-0.4, -0.2) is 16.1 Å². The van der Waals surface area contributed by atoms with Crippen molar-refractivity contribution in [1.82, 2.24) is 4.98 Å². The van der Waals surface area contributed by atoms with Gasteiger partial charge in [-0.15, -0.1) is 0 Å².